The van der Waals surface area contributed by atoms with E-state index in [9.17, 15) is 15.0 Å². The minimum atomic E-state index is -1.66. The molecule has 0 saturated carbocycles. The van der Waals surface area contributed by atoms with Crippen LogP contribution in [0.1, 0.15) is 13.2 Å². The van der Waals surface area contributed by atoms with Crippen molar-refractivity contribution in [2.45, 2.75) is 37.0 Å². The number of nitrogen functional groups attached to an aromatic ring is 1. The van der Waals surface area contributed by atoms with E-state index in [1.807, 2.05) is 0 Å². The quantitative estimate of drug-likeness (QED) is 0.395. The third-order valence-electron chi connectivity index (χ3n) is 3.94. The molecule has 0 spiro atoms. The molecule has 0 aliphatic carbocycles. The van der Waals surface area contributed by atoms with Crippen LogP contribution in [0.5, 0.6) is 0 Å². The van der Waals surface area contributed by atoms with E-state index < -0.39 is 35.6 Å². The molecule has 24 heavy (non-hydrogen) atoms. The predicted molar refractivity (Wildman–Crippen MR) is 84.7 cm³/mol. The van der Waals surface area contributed by atoms with Gasteiger partial charge in [-0.05, 0) is 18.5 Å². The van der Waals surface area contributed by atoms with Crippen molar-refractivity contribution < 1.29 is 14.9 Å². The number of anilines is 1. The molecule has 2 aromatic rings. The number of aromatic nitrogens is 4. The van der Waals surface area contributed by atoms with E-state index in [1.165, 1.54) is 17.8 Å². The number of imidazole rings is 1. The zero-order chi connectivity index (χ0) is 17.6. The summed E-state index contributed by atoms with van der Waals surface area (Å²) in [5.41, 5.74) is 9.70. The lowest BCUT2D eigenvalue weighted by atomic mass is 9.90. The van der Waals surface area contributed by atoms with Crippen molar-refractivity contribution in [3.05, 3.63) is 16.7 Å². The van der Waals surface area contributed by atoms with Crippen LogP contribution in [0.25, 0.3) is 11.2 Å². The molecule has 0 bridgehead atoms. The molecule has 2 aromatic heterocycles. The maximum absolute atomic E-state index is 11.9. The fourth-order valence-electron chi connectivity index (χ4n) is 2.76. The van der Waals surface area contributed by atoms with E-state index >= 15 is 0 Å². The average molecular weight is 355 g/mol. The van der Waals surface area contributed by atoms with E-state index in [0.29, 0.717) is 0 Å². The molecular weight excluding hydrogens is 340 g/mol. The van der Waals surface area contributed by atoms with Crippen LogP contribution >= 0.6 is 11.6 Å². The Morgan fingerprint density at radius 3 is 2.96 bits per heavy atom. The summed E-state index contributed by atoms with van der Waals surface area (Å²) in [4.78, 5) is 22.2. The summed E-state index contributed by atoms with van der Waals surface area (Å²) < 4.78 is 7.01. The smallest absolute Gasteiger partial charge is 0.280 e. The molecule has 0 amide bonds. The standard InChI is InChI=1S/C13H15ClN6O4/c1-5(21)7-8(22)13(16,2-3-14)11(24-7)20-4-17-6-9(20)18-12(15)19-10(6)23/h4-5,7-8,11,21-22H,16H2,1H3,(H3,15,18,19,23)/t5-,7-,8+,11-,13?/m1/s1. The number of fused-ring (bicyclic) bond motifs is 1. The zero-order valence-electron chi connectivity index (χ0n) is 12.5. The number of nitrogens with two attached hydrogens (primary N) is 2. The molecule has 1 fully saturated rings. The van der Waals surface area contributed by atoms with Crippen LogP contribution in [0.4, 0.5) is 5.95 Å². The monoisotopic (exact) mass is 354 g/mol. The predicted octanol–water partition coefficient (Wildman–Crippen LogP) is -1.76. The van der Waals surface area contributed by atoms with Gasteiger partial charge in [0, 0.05) is 5.38 Å². The molecular formula is C13H15ClN6O4. The Balaban J connectivity index is 2.20. The molecule has 7 N–H and O–H groups in total. The van der Waals surface area contributed by atoms with Gasteiger partial charge in [-0.2, -0.15) is 4.98 Å². The lowest BCUT2D eigenvalue weighted by Gasteiger charge is -2.27. The third-order valence-corrected chi connectivity index (χ3v) is 4.03. The second kappa shape index (κ2) is 5.73. The number of aromatic amines is 1. The van der Waals surface area contributed by atoms with Gasteiger partial charge in [0.15, 0.2) is 22.9 Å². The van der Waals surface area contributed by atoms with Gasteiger partial charge in [-0.25, -0.2) is 4.98 Å². The maximum Gasteiger partial charge on any atom is 0.280 e. The molecule has 0 radical (unpaired) electrons. The van der Waals surface area contributed by atoms with Crippen molar-refractivity contribution >= 4 is 28.7 Å². The summed E-state index contributed by atoms with van der Waals surface area (Å²) in [6, 6.07) is 0. The number of aliphatic hydroxyl groups excluding tert-OH is 2. The van der Waals surface area contributed by atoms with E-state index in [0.717, 1.165) is 0 Å². The topological polar surface area (TPSA) is 165 Å². The fraction of sp³-hybridized carbons (Fsp3) is 0.462. The first-order valence-electron chi connectivity index (χ1n) is 6.95. The zero-order valence-corrected chi connectivity index (χ0v) is 13.2. The van der Waals surface area contributed by atoms with Gasteiger partial charge < -0.3 is 26.4 Å². The highest BCUT2D eigenvalue weighted by molar-refractivity contribution is 6.30. The average Bonchev–Trinajstić information content (AvgIpc) is 3.00. The Bertz CT molecular complexity index is 899. The van der Waals surface area contributed by atoms with Crippen molar-refractivity contribution in [3.8, 4) is 11.3 Å². The van der Waals surface area contributed by atoms with Gasteiger partial charge in [0.1, 0.15) is 12.2 Å². The number of hydrogen-bond donors (Lipinski definition) is 5. The summed E-state index contributed by atoms with van der Waals surface area (Å²) in [7, 11) is 0. The van der Waals surface area contributed by atoms with Crippen LogP contribution in [-0.4, -0.2) is 53.6 Å². The number of hydrogen-bond acceptors (Lipinski definition) is 8. The van der Waals surface area contributed by atoms with Crippen molar-refractivity contribution in [2.75, 3.05) is 5.73 Å². The van der Waals surface area contributed by atoms with Gasteiger partial charge in [0.25, 0.3) is 5.56 Å². The maximum atomic E-state index is 11.9. The second-order valence-electron chi connectivity index (χ2n) is 5.57. The first kappa shape index (κ1) is 16.7. The van der Waals surface area contributed by atoms with Gasteiger partial charge in [0.2, 0.25) is 5.95 Å². The largest absolute Gasteiger partial charge is 0.391 e. The van der Waals surface area contributed by atoms with E-state index in [2.05, 4.69) is 26.3 Å². The molecule has 1 unspecified atom stereocenters. The molecule has 5 atom stereocenters. The van der Waals surface area contributed by atoms with Crippen molar-refractivity contribution in [1.82, 2.24) is 19.5 Å². The SMILES string of the molecule is C[C@@H](O)[C@H]1O[C@@H](n2cnc3c(=O)[nH]c(N)nc32)C(N)(C#CCl)[C@H]1O. The van der Waals surface area contributed by atoms with Crippen molar-refractivity contribution in [1.29, 1.82) is 0 Å². The lowest BCUT2D eigenvalue weighted by Crippen LogP contribution is -2.54. The Morgan fingerprint density at radius 2 is 2.33 bits per heavy atom. The summed E-state index contributed by atoms with van der Waals surface area (Å²) in [5.74, 6) is 2.38. The minimum absolute atomic E-state index is 0.0176. The molecule has 1 aliphatic rings. The van der Waals surface area contributed by atoms with Crippen molar-refractivity contribution in [2.24, 2.45) is 5.73 Å². The number of nitrogens with one attached hydrogen (secondary N) is 1. The first-order chi connectivity index (χ1) is 11.3. The number of rotatable bonds is 2. The van der Waals surface area contributed by atoms with Crippen molar-refractivity contribution in [3.63, 3.8) is 0 Å². The van der Waals surface area contributed by atoms with Gasteiger partial charge in [-0.3, -0.25) is 14.3 Å². The molecule has 3 rings (SSSR count). The second-order valence-corrected chi connectivity index (χ2v) is 5.76. The molecule has 0 aromatic carbocycles. The van der Waals surface area contributed by atoms with E-state index in [1.54, 1.807) is 0 Å². The normalized spacial score (nSPS) is 31.0. The summed E-state index contributed by atoms with van der Waals surface area (Å²) >= 11 is 5.47. The minimum Gasteiger partial charge on any atom is -0.391 e. The highest BCUT2D eigenvalue weighted by Gasteiger charge is 2.56. The van der Waals surface area contributed by atoms with Crippen LogP contribution in [0.15, 0.2) is 11.1 Å². The summed E-state index contributed by atoms with van der Waals surface area (Å²) in [6.07, 6.45) is -3.22. The molecule has 3 heterocycles. The summed E-state index contributed by atoms with van der Waals surface area (Å²) in [5, 5.41) is 22.4. The van der Waals surface area contributed by atoms with Crippen LogP contribution < -0.4 is 17.0 Å². The highest BCUT2D eigenvalue weighted by atomic mass is 35.5. The van der Waals surface area contributed by atoms with Crippen LogP contribution in [0, 0.1) is 11.3 Å². The Kier molecular flexibility index (Phi) is 3.98. The Labute approximate surface area is 140 Å². The molecule has 1 saturated heterocycles. The lowest BCUT2D eigenvalue weighted by molar-refractivity contribution is -0.0756. The number of halogens is 1. The number of H-pyrrole nitrogens is 1. The van der Waals surface area contributed by atoms with E-state index in [-0.39, 0.29) is 17.1 Å². The Hall–Kier alpha value is -2.16. The van der Waals surface area contributed by atoms with Crippen LogP contribution in [0.3, 0.4) is 0 Å². The van der Waals surface area contributed by atoms with Crippen LogP contribution in [-0.2, 0) is 4.74 Å². The number of ether oxygens (including phenoxy) is 1. The molecule has 10 nitrogen and oxygen atoms in total. The fourth-order valence-corrected chi connectivity index (χ4v) is 2.92. The first-order valence-corrected chi connectivity index (χ1v) is 7.33. The van der Waals surface area contributed by atoms with E-state index in [4.69, 9.17) is 27.8 Å². The number of aliphatic hydroxyl groups is 2. The van der Waals surface area contributed by atoms with Crippen LogP contribution in [0.2, 0.25) is 0 Å². The van der Waals surface area contributed by atoms with Gasteiger partial charge in [-0.15, -0.1) is 0 Å². The summed E-state index contributed by atoms with van der Waals surface area (Å²) in [6.45, 7) is 1.44. The number of nitrogens with zero attached hydrogens (tertiary/aromatic N) is 3. The van der Waals surface area contributed by atoms with Gasteiger partial charge in [-0.1, -0.05) is 5.92 Å². The van der Waals surface area contributed by atoms with Gasteiger partial charge >= 0.3 is 0 Å². The van der Waals surface area contributed by atoms with Gasteiger partial charge in [0.05, 0.1) is 12.4 Å². The Morgan fingerprint density at radius 1 is 1.62 bits per heavy atom. The molecule has 128 valence electrons. The highest BCUT2D eigenvalue weighted by Crippen LogP contribution is 2.38. The third kappa shape index (κ3) is 2.34. The molecule has 11 heteroatoms. The molecule has 1 aliphatic heterocycles.